The number of hydrazine groups is 1. The molecule has 0 bridgehead atoms. The summed E-state index contributed by atoms with van der Waals surface area (Å²) in [5.74, 6) is 5.60. The Balaban J connectivity index is 2.35. The van der Waals surface area contributed by atoms with Crippen molar-refractivity contribution in [2.45, 2.75) is 26.2 Å². The third-order valence-corrected chi connectivity index (χ3v) is 2.29. The van der Waals surface area contributed by atoms with Crippen LogP contribution < -0.4 is 16.2 Å². The van der Waals surface area contributed by atoms with E-state index in [0.29, 0.717) is 5.92 Å². The highest BCUT2D eigenvalue weighted by atomic mass is 16.7. The van der Waals surface area contributed by atoms with Gasteiger partial charge >= 0.3 is 5.97 Å². The third-order valence-electron chi connectivity index (χ3n) is 2.29. The van der Waals surface area contributed by atoms with Crippen molar-refractivity contribution in [3.63, 3.8) is 0 Å². The number of hydrogen-bond acceptors (Lipinski definition) is 5. The highest BCUT2D eigenvalue weighted by Gasteiger charge is 2.03. The maximum Gasteiger partial charge on any atom is 0.329 e. The quantitative estimate of drug-likeness (QED) is 0.580. The van der Waals surface area contributed by atoms with Crippen LogP contribution in [0.5, 0.6) is 5.75 Å². The van der Waals surface area contributed by atoms with Crippen molar-refractivity contribution in [3.8, 4) is 5.75 Å². The predicted octanol–water partition coefficient (Wildman–Crippen LogP) is 1.50. The lowest BCUT2D eigenvalue weighted by atomic mass is 10.0. The Morgan fingerprint density at radius 1 is 1.35 bits per heavy atom. The van der Waals surface area contributed by atoms with E-state index in [1.54, 1.807) is 0 Å². The van der Waals surface area contributed by atoms with Gasteiger partial charge in [-0.05, 0) is 23.6 Å². The fraction of sp³-hybridized carbons (Fsp3) is 0.417. The van der Waals surface area contributed by atoms with E-state index in [2.05, 4.69) is 18.7 Å². The lowest BCUT2D eigenvalue weighted by Crippen LogP contribution is -2.26. The van der Waals surface area contributed by atoms with Crippen molar-refractivity contribution in [3.05, 3.63) is 29.8 Å². The van der Waals surface area contributed by atoms with Crippen LogP contribution in [0.15, 0.2) is 24.3 Å². The first-order chi connectivity index (χ1) is 8.13. The molecule has 1 rings (SSSR count). The van der Waals surface area contributed by atoms with Crippen molar-refractivity contribution in [1.82, 2.24) is 5.59 Å². The molecule has 1 aromatic rings. The van der Waals surface area contributed by atoms with Gasteiger partial charge in [0.1, 0.15) is 5.75 Å². The molecular weight excluding hydrogens is 220 g/mol. The molecule has 1 aromatic carbocycles. The monoisotopic (exact) mass is 238 g/mol. The zero-order valence-electron chi connectivity index (χ0n) is 10.1. The summed E-state index contributed by atoms with van der Waals surface area (Å²) in [5.41, 5.74) is 3.08. The lowest BCUT2D eigenvalue weighted by molar-refractivity contribution is -0.151. The van der Waals surface area contributed by atoms with E-state index in [1.165, 1.54) is 5.56 Å². The molecule has 0 saturated carbocycles. The van der Waals surface area contributed by atoms with Gasteiger partial charge in [-0.15, -0.1) is 0 Å². The second kappa shape index (κ2) is 6.88. The molecular formula is C12H18N2O3. The number of hydrogen-bond donors (Lipinski definition) is 2. The molecule has 3 N–H and O–H groups in total. The highest BCUT2D eigenvalue weighted by molar-refractivity contribution is 5.69. The predicted molar refractivity (Wildman–Crippen MR) is 64.1 cm³/mol. The molecule has 0 aliphatic rings. The van der Waals surface area contributed by atoms with Gasteiger partial charge in [0.25, 0.3) is 0 Å². The first-order valence-corrected chi connectivity index (χ1v) is 5.51. The smallest absolute Gasteiger partial charge is 0.329 e. The van der Waals surface area contributed by atoms with Gasteiger partial charge in [0.05, 0.1) is 13.0 Å². The second-order valence-electron chi connectivity index (χ2n) is 3.91. The van der Waals surface area contributed by atoms with Crippen molar-refractivity contribution in [2.75, 3.05) is 6.61 Å². The highest BCUT2D eigenvalue weighted by Crippen LogP contribution is 2.18. The normalized spacial score (nSPS) is 10.4. The fourth-order valence-corrected chi connectivity index (χ4v) is 1.32. The number of benzene rings is 1. The van der Waals surface area contributed by atoms with Gasteiger partial charge in [-0.25, -0.2) is 5.84 Å². The number of ether oxygens (including phenoxy) is 1. The van der Waals surface area contributed by atoms with Crippen molar-refractivity contribution < 1.29 is 14.4 Å². The van der Waals surface area contributed by atoms with Crippen LogP contribution in [-0.4, -0.2) is 12.6 Å². The van der Waals surface area contributed by atoms with Gasteiger partial charge in [0.15, 0.2) is 0 Å². The Morgan fingerprint density at radius 3 is 2.53 bits per heavy atom. The van der Waals surface area contributed by atoms with Crippen LogP contribution in [0, 0.1) is 0 Å². The summed E-state index contributed by atoms with van der Waals surface area (Å²) in [5, 5.41) is 0. The van der Waals surface area contributed by atoms with Gasteiger partial charge in [0, 0.05) is 0 Å². The van der Waals surface area contributed by atoms with E-state index < -0.39 is 5.97 Å². The van der Waals surface area contributed by atoms with Crippen molar-refractivity contribution >= 4 is 5.97 Å². The number of rotatable bonds is 6. The summed E-state index contributed by atoms with van der Waals surface area (Å²) in [4.78, 5) is 15.3. The first-order valence-electron chi connectivity index (χ1n) is 5.51. The van der Waals surface area contributed by atoms with Crippen LogP contribution in [0.25, 0.3) is 0 Å². The minimum atomic E-state index is -0.452. The summed E-state index contributed by atoms with van der Waals surface area (Å²) in [6, 6.07) is 7.81. The molecule has 94 valence electrons. The Kier molecular flexibility index (Phi) is 5.45. The largest absolute Gasteiger partial charge is 0.493 e. The lowest BCUT2D eigenvalue weighted by Gasteiger charge is -2.08. The van der Waals surface area contributed by atoms with Crippen LogP contribution in [-0.2, 0) is 9.63 Å². The Hall–Kier alpha value is -1.59. The number of nitrogens with one attached hydrogen (secondary N) is 1. The molecule has 0 aliphatic heterocycles. The third kappa shape index (κ3) is 4.84. The molecule has 5 nitrogen and oxygen atoms in total. The average molecular weight is 238 g/mol. The average Bonchev–Trinajstić information content (AvgIpc) is 2.30. The van der Waals surface area contributed by atoms with Crippen LogP contribution >= 0.6 is 0 Å². The van der Waals surface area contributed by atoms with E-state index in [4.69, 9.17) is 10.6 Å². The van der Waals surface area contributed by atoms with E-state index in [0.717, 1.165) is 5.75 Å². The summed E-state index contributed by atoms with van der Waals surface area (Å²) in [7, 11) is 0. The summed E-state index contributed by atoms with van der Waals surface area (Å²) in [6.45, 7) is 4.53. The van der Waals surface area contributed by atoms with E-state index >= 15 is 0 Å². The van der Waals surface area contributed by atoms with Crippen LogP contribution in [0.4, 0.5) is 0 Å². The molecule has 0 atom stereocenters. The number of carbonyl (C=O) groups excluding carboxylic acids is 1. The van der Waals surface area contributed by atoms with Crippen molar-refractivity contribution in [2.24, 2.45) is 5.84 Å². The molecule has 0 spiro atoms. The van der Waals surface area contributed by atoms with E-state index in [1.807, 2.05) is 29.9 Å². The topological polar surface area (TPSA) is 73.6 Å². The minimum absolute atomic E-state index is 0.149. The standard InChI is InChI=1S/C12H18N2O3/c1-9(2)10-3-5-11(6-4-10)16-8-7-12(15)17-14-13/h3-6,9,14H,7-8,13H2,1-2H3. The molecule has 0 fully saturated rings. The van der Waals surface area contributed by atoms with Crippen molar-refractivity contribution in [1.29, 1.82) is 0 Å². The van der Waals surface area contributed by atoms with Crippen LogP contribution in [0.2, 0.25) is 0 Å². The fourth-order valence-electron chi connectivity index (χ4n) is 1.32. The Labute approximate surface area is 101 Å². The van der Waals surface area contributed by atoms with Gasteiger partial charge in [-0.2, -0.15) is 0 Å². The van der Waals surface area contributed by atoms with Crippen LogP contribution in [0.1, 0.15) is 31.7 Å². The summed E-state index contributed by atoms with van der Waals surface area (Å²) < 4.78 is 5.39. The maximum atomic E-state index is 10.9. The first kappa shape index (κ1) is 13.5. The summed E-state index contributed by atoms with van der Waals surface area (Å²) >= 11 is 0. The zero-order valence-corrected chi connectivity index (χ0v) is 10.1. The molecule has 0 aliphatic carbocycles. The number of carbonyl (C=O) groups is 1. The zero-order chi connectivity index (χ0) is 12.7. The second-order valence-corrected chi connectivity index (χ2v) is 3.91. The molecule has 17 heavy (non-hydrogen) atoms. The maximum absolute atomic E-state index is 10.9. The summed E-state index contributed by atoms with van der Waals surface area (Å²) in [6.07, 6.45) is 0.149. The number of nitrogens with two attached hydrogens (primary N) is 1. The van der Waals surface area contributed by atoms with E-state index in [-0.39, 0.29) is 13.0 Å². The Morgan fingerprint density at radius 2 is 2.00 bits per heavy atom. The van der Waals surface area contributed by atoms with Gasteiger partial charge in [-0.3, -0.25) is 4.79 Å². The van der Waals surface area contributed by atoms with Gasteiger partial charge < -0.3 is 9.57 Å². The molecule has 0 aromatic heterocycles. The SMILES string of the molecule is CC(C)c1ccc(OCCC(=O)ONN)cc1. The van der Waals surface area contributed by atoms with E-state index in [9.17, 15) is 4.79 Å². The molecule has 0 heterocycles. The van der Waals surface area contributed by atoms with Gasteiger partial charge in [-0.1, -0.05) is 31.6 Å². The minimum Gasteiger partial charge on any atom is -0.493 e. The molecule has 0 unspecified atom stereocenters. The van der Waals surface area contributed by atoms with Crippen LogP contribution in [0.3, 0.4) is 0 Å². The molecule has 0 saturated heterocycles. The Bertz CT molecular complexity index is 349. The molecule has 5 heteroatoms. The van der Waals surface area contributed by atoms with Gasteiger partial charge in [0.2, 0.25) is 0 Å². The molecule has 0 radical (unpaired) electrons. The molecule has 0 amide bonds.